The number of rotatable bonds is 1. The number of fused-ring (bicyclic) bond motifs is 1. The van der Waals surface area contributed by atoms with Crippen LogP contribution in [0.5, 0.6) is 0 Å². The standard InChI is InChI=1S/C13H15FN4O/c1-8-2-3-9-11(10(8)14)17-13(19)12(16-9)18-6-4-15-5-7-18/h2-3,15H,4-7H2,1H3,(H,17,19). The van der Waals surface area contributed by atoms with Crippen molar-refractivity contribution in [2.45, 2.75) is 6.92 Å². The molecule has 2 N–H and O–H groups in total. The molecule has 19 heavy (non-hydrogen) atoms. The number of hydrogen-bond donors (Lipinski definition) is 2. The highest BCUT2D eigenvalue weighted by atomic mass is 19.1. The highest BCUT2D eigenvalue weighted by molar-refractivity contribution is 5.77. The van der Waals surface area contributed by atoms with Crippen LogP contribution in [0, 0.1) is 12.7 Å². The molecular formula is C13H15FN4O. The number of aryl methyl sites for hydroxylation is 1. The zero-order valence-electron chi connectivity index (χ0n) is 10.7. The largest absolute Gasteiger partial charge is 0.349 e. The minimum absolute atomic E-state index is 0.184. The minimum Gasteiger partial charge on any atom is -0.349 e. The number of anilines is 1. The molecule has 1 aromatic carbocycles. The lowest BCUT2D eigenvalue weighted by Crippen LogP contribution is -2.45. The number of halogens is 1. The Morgan fingerprint density at radius 1 is 1.32 bits per heavy atom. The van der Waals surface area contributed by atoms with Gasteiger partial charge in [-0.3, -0.25) is 4.79 Å². The third kappa shape index (κ3) is 2.08. The zero-order chi connectivity index (χ0) is 13.4. The summed E-state index contributed by atoms with van der Waals surface area (Å²) < 4.78 is 13.9. The van der Waals surface area contributed by atoms with Gasteiger partial charge in [0.2, 0.25) is 0 Å². The number of nitrogens with zero attached hydrogens (tertiary/aromatic N) is 2. The van der Waals surface area contributed by atoms with Gasteiger partial charge in [0.1, 0.15) is 5.52 Å². The summed E-state index contributed by atoms with van der Waals surface area (Å²) in [7, 11) is 0. The van der Waals surface area contributed by atoms with Gasteiger partial charge in [0.05, 0.1) is 5.52 Å². The van der Waals surface area contributed by atoms with E-state index in [4.69, 9.17) is 0 Å². The molecule has 1 aromatic heterocycles. The zero-order valence-corrected chi connectivity index (χ0v) is 10.7. The van der Waals surface area contributed by atoms with Crippen LogP contribution in [0.2, 0.25) is 0 Å². The van der Waals surface area contributed by atoms with Crippen molar-refractivity contribution in [2.75, 3.05) is 31.1 Å². The van der Waals surface area contributed by atoms with Gasteiger partial charge in [-0.1, -0.05) is 6.07 Å². The molecule has 0 radical (unpaired) electrons. The molecule has 1 aliphatic rings. The molecule has 1 fully saturated rings. The molecule has 100 valence electrons. The van der Waals surface area contributed by atoms with Gasteiger partial charge < -0.3 is 15.2 Å². The van der Waals surface area contributed by atoms with Crippen molar-refractivity contribution in [1.82, 2.24) is 15.3 Å². The molecule has 0 spiro atoms. The molecule has 0 atom stereocenters. The number of piperazine rings is 1. The van der Waals surface area contributed by atoms with Crippen molar-refractivity contribution in [2.24, 2.45) is 0 Å². The predicted molar refractivity (Wildman–Crippen MR) is 72.1 cm³/mol. The van der Waals surface area contributed by atoms with Crippen molar-refractivity contribution in [1.29, 1.82) is 0 Å². The fraction of sp³-hybridized carbons (Fsp3) is 0.385. The maximum absolute atomic E-state index is 13.9. The topological polar surface area (TPSA) is 61.0 Å². The molecule has 2 aromatic rings. The summed E-state index contributed by atoms with van der Waals surface area (Å²) in [5.74, 6) is -0.0359. The molecule has 3 rings (SSSR count). The average molecular weight is 262 g/mol. The molecule has 5 nitrogen and oxygen atoms in total. The Hall–Kier alpha value is -1.95. The van der Waals surface area contributed by atoms with Crippen molar-refractivity contribution >= 4 is 16.9 Å². The molecule has 0 unspecified atom stereocenters. The summed E-state index contributed by atoms with van der Waals surface area (Å²) in [4.78, 5) is 20.9. The molecule has 1 saturated heterocycles. The van der Waals surface area contributed by atoms with Crippen LogP contribution in [0.25, 0.3) is 11.0 Å². The van der Waals surface area contributed by atoms with Gasteiger partial charge in [-0.05, 0) is 18.6 Å². The van der Waals surface area contributed by atoms with Gasteiger partial charge >= 0.3 is 0 Å². The Morgan fingerprint density at radius 2 is 2.05 bits per heavy atom. The first kappa shape index (κ1) is 12.1. The quantitative estimate of drug-likeness (QED) is 0.797. The third-order valence-electron chi connectivity index (χ3n) is 3.40. The number of benzene rings is 1. The SMILES string of the molecule is Cc1ccc2nc(N3CCNCC3)c(=O)[nH]c2c1F. The van der Waals surface area contributed by atoms with Crippen LogP contribution < -0.4 is 15.8 Å². The Kier molecular flexibility index (Phi) is 2.94. The van der Waals surface area contributed by atoms with Crippen LogP contribution in [0.3, 0.4) is 0 Å². The molecule has 0 aliphatic carbocycles. The molecular weight excluding hydrogens is 247 g/mol. The molecule has 2 heterocycles. The van der Waals surface area contributed by atoms with E-state index in [1.165, 1.54) is 0 Å². The van der Waals surface area contributed by atoms with E-state index in [9.17, 15) is 9.18 Å². The second-order valence-electron chi connectivity index (χ2n) is 4.72. The van der Waals surface area contributed by atoms with Crippen LogP contribution in [0.4, 0.5) is 10.2 Å². The lowest BCUT2D eigenvalue weighted by molar-refractivity contribution is 0.583. The van der Waals surface area contributed by atoms with E-state index < -0.39 is 5.82 Å². The summed E-state index contributed by atoms with van der Waals surface area (Å²) >= 11 is 0. The Morgan fingerprint density at radius 3 is 2.79 bits per heavy atom. The Labute approximate surface area is 109 Å². The van der Waals surface area contributed by atoms with Gasteiger partial charge in [0.25, 0.3) is 5.56 Å². The second-order valence-corrected chi connectivity index (χ2v) is 4.72. The number of nitrogens with one attached hydrogen (secondary N) is 2. The fourth-order valence-electron chi connectivity index (χ4n) is 2.31. The maximum Gasteiger partial charge on any atom is 0.291 e. The van der Waals surface area contributed by atoms with E-state index in [0.29, 0.717) is 16.9 Å². The van der Waals surface area contributed by atoms with Crippen LogP contribution in [-0.2, 0) is 0 Å². The molecule has 6 heteroatoms. The molecule has 0 bridgehead atoms. The van der Waals surface area contributed by atoms with Crippen LogP contribution in [0.1, 0.15) is 5.56 Å². The van der Waals surface area contributed by atoms with Gasteiger partial charge in [-0.15, -0.1) is 0 Å². The van der Waals surface area contributed by atoms with E-state index in [1.807, 2.05) is 4.90 Å². The van der Waals surface area contributed by atoms with Gasteiger partial charge in [-0.2, -0.15) is 0 Å². The van der Waals surface area contributed by atoms with E-state index >= 15 is 0 Å². The van der Waals surface area contributed by atoms with Crippen LogP contribution >= 0.6 is 0 Å². The third-order valence-corrected chi connectivity index (χ3v) is 3.40. The Bertz CT molecular complexity index is 676. The average Bonchev–Trinajstić information content (AvgIpc) is 2.44. The molecule has 0 saturated carbocycles. The Balaban J connectivity index is 2.14. The lowest BCUT2D eigenvalue weighted by Gasteiger charge is -2.27. The van der Waals surface area contributed by atoms with Crippen molar-refractivity contribution in [3.8, 4) is 0 Å². The smallest absolute Gasteiger partial charge is 0.291 e. The van der Waals surface area contributed by atoms with E-state index in [-0.39, 0.29) is 11.1 Å². The van der Waals surface area contributed by atoms with E-state index in [0.717, 1.165) is 26.2 Å². The van der Waals surface area contributed by atoms with E-state index in [2.05, 4.69) is 15.3 Å². The van der Waals surface area contributed by atoms with Crippen molar-refractivity contribution in [3.05, 3.63) is 33.9 Å². The fourth-order valence-corrected chi connectivity index (χ4v) is 2.31. The number of aromatic amines is 1. The van der Waals surface area contributed by atoms with Gasteiger partial charge in [0, 0.05) is 26.2 Å². The summed E-state index contributed by atoms with van der Waals surface area (Å²) in [6, 6.07) is 3.40. The first-order valence-electron chi connectivity index (χ1n) is 6.31. The highest BCUT2D eigenvalue weighted by Gasteiger charge is 2.17. The van der Waals surface area contributed by atoms with Gasteiger partial charge in [-0.25, -0.2) is 9.37 Å². The van der Waals surface area contributed by atoms with Crippen molar-refractivity contribution < 1.29 is 4.39 Å². The van der Waals surface area contributed by atoms with Gasteiger partial charge in [0.15, 0.2) is 11.6 Å². The van der Waals surface area contributed by atoms with E-state index in [1.54, 1.807) is 19.1 Å². The second kappa shape index (κ2) is 4.62. The molecule has 1 aliphatic heterocycles. The number of H-pyrrole nitrogens is 1. The summed E-state index contributed by atoms with van der Waals surface area (Å²) in [5.41, 5.74) is 0.832. The number of hydrogen-bond acceptors (Lipinski definition) is 4. The first-order valence-corrected chi connectivity index (χ1v) is 6.31. The predicted octanol–water partition coefficient (Wildman–Crippen LogP) is 0.780. The lowest BCUT2D eigenvalue weighted by atomic mass is 10.2. The summed E-state index contributed by atoms with van der Waals surface area (Å²) in [5, 5.41) is 3.22. The van der Waals surface area contributed by atoms with Crippen molar-refractivity contribution in [3.63, 3.8) is 0 Å². The summed E-state index contributed by atoms with van der Waals surface area (Å²) in [6.07, 6.45) is 0. The summed E-state index contributed by atoms with van der Waals surface area (Å²) in [6.45, 7) is 4.77. The first-order chi connectivity index (χ1) is 9.16. The highest BCUT2D eigenvalue weighted by Crippen LogP contribution is 2.18. The monoisotopic (exact) mass is 262 g/mol. The maximum atomic E-state index is 13.9. The minimum atomic E-state index is -0.408. The normalized spacial score (nSPS) is 16.0. The van der Waals surface area contributed by atoms with Crippen LogP contribution in [0.15, 0.2) is 16.9 Å². The van der Waals surface area contributed by atoms with Crippen LogP contribution in [-0.4, -0.2) is 36.1 Å². The molecule has 0 amide bonds. The number of aromatic nitrogens is 2.